The van der Waals surface area contributed by atoms with Gasteiger partial charge in [0.2, 0.25) is 0 Å². The number of urea groups is 1. The Morgan fingerprint density at radius 1 is 1.10 bits per heavy atom. The van der Waals surface area contributed by atoms with Crippen LogP contribution in [0.25, 0.3) is 10.9 Å². The molecular weight excluding hydrogens is 510 g/mol. The summed E-state index contributed by atoms with van der Waals surface area (Å²) >= 11 is 0. The lowest BCUT2D eigenvalue weighted by Gasteiger charge is -2.32. The molecule has 0 aliphatic carbocycles. The number of fused-ring (bicyclic) bond motifs is 1. The van der Waals surface area contributed by atoms with E-state index >= 15 is 0 Å². The van der Waals surface area contributed by atoms with E-state index in [9.17, 15) is 19.2 Å². The minimum Gasteiger partial charge on any atom is -0.444 e. The Balaban J connectivity index is 1.21. The van der Waals surface area contributed by atoms with Crippen molar-refractivity contribution in [2.75, 3.05) is 19.8 Å². The summed E-state index contributed by atoms with van der Waals surface area (Å²) in [5, 5.41) is 8.67. The Kier molecular flexibility index (Phi) is 7.35. The third kappa shape index (κ3) is 5.05. The first-order valence-electron chi connectivity index (χ1n) is 13.8. The van der Waals surface area contributed by atoms with Crippen molar-refractivity contribution in [2.45, 2.75) is 65.0 Å². The number of esters is 1. The second kappa shape index (κ2) is 10.7. The van der Waals surface area contributed by atoms with Gasteiger partial charge in [-0.05, 0) is 69.4 Å². The predicted octanol–water partition coefficient (Wildman–Crippen LogP) is 4.20. The average Bonchev–Trinajstić information content (AvgIpc) is 3.46. The fourth-order valence-corrected chi connectivity index (χ4v) is 5.59. The van der Waals surface area contributed by atoms with E-state index in [4.69, 9.17) is 9.84 Å². The quantitative estimate of drug-likeness (QED) is 0.352. The summed E-state index contributed by atoms with van der Waals surface area (Å²) in [5.74, 6) is -1.05. The maximum absolute atomic E-state index is 13.3. The van der Waals surface area contributed by atoms with Gasteiger partial charge in [-0.2, -0.15) is 5.10 Å². The molecule has 5 rings (SSSR count). The van der Waals surface area contributed by atoms with Gasteiger partial charge in [0.15, 0.2) is 6.73 Å². The van der Waals surface area contributed by atoms with Crippen LogP contribution in [0, 0.1) is 13.8 Å². The third-order valence-corrected chi connectivity index (χ3v) is 7.88. The summed E-state index contributed by atoms with van der Waals surface area (Å²) in [4.78, 5) is 53.2. The average molecular weight is 546 g/mol. The van der Waals surface area contributed by atoms with Gasteiger partial charge >= 0.3 is 12.0 Å². The monoisotopic (exact) mass is 545 g/mol. The maximum Gasteiger partial charge on any atom is 0.328 e. The van der Waals surface area contributed by atoms with Crippen molar-refractivity contribution in [2.24, 2.45) is 0 Å². The first-order chi connectivity index (χ1) is 19.1. The van der Waals surface area contributed by atoms with Crippen molar-refractivity contribution in [1.82, 2.24) is 24.9 Å². The summed E-state index contributed by atoms with van der Waals surface area (Å²) in [6, 6.07) is 10.6. The van der Waals surface area contributed by atoms with Crippen LogP contribution in [0.1, 0.15) is 72.6 Å². The van der Waals surface area contributed by atoms with Crippen molar-refractivity contribution < 1.29 is 23.9 Å². The van der Waals surface area contributed by atoms with Gasteiger partial charge in [0.05, 0.1) is 11.6 Å². The van der Waals surface area contributed by atoms with Crippen LogP contribution in [0.4, 0.5) is 4.79 Å². The topological polar surface area (TPSA) is 114 Å². The molecule has 10 nitrogen and oxygen atoms in total. The van der Waals surface area contributed by atoms with Gasteiger partial charge in [0, 0.05) is 36.7 Å². The highest BCUT2D eigenvalue weighted by Gasteiger charge is 2.49. The lowest BCUT2D eigenvalue weighted by molar-refractivity contribution is -0.150. The number of amides is 4. The van der Waals surface area contributed by atoms with Crippen LogP contribution in [-0.2, 0) is 19.9 Å². The summed E-state index contributed by atoms with van der Waals surface area (Å²) in [7, 11) is 0. The highest BCUT2D eigenvalue weighted by atomic mass is 16.5. The van der Waals surface area contributed by atoms with E-state index < -0.39 is 30.2 Å². The zero-order chi connectivity index (χ0) is 28.6. The minimum atomic E-state index is -1.32. The SMILES string of the molecule is CCCC(=O)OCN1C(=O)N[C@](C)(c2ccc(C(=O)N3CCC(n4cc5cc(C)cc(C)c5n4)CC3)cc2)C1=O. The summed E-state index contributed by atoms with van der Waals surface area (Å²) in [6.07, 6.45) is 4.56. The van der Waals surface area contributed by atoms with Gasteiger partial charge in [0.25, 0.3) is 11.8 Å². The van der Waals surface area contributed by atoms with Gasteiger partial charge < -0.3 is 15.0 Å². The molecule has 2 aromatic carbocycles. The number of ether oxygens (including phenoxy) is 1. The molecule has 3 heterocycles. The van der Waals surface area contributed by atoms with Crippen LogP contribution in [0.3, 0.4) is 0 Å². The Labute approximate surface area is 233 Å². The number of imide groups is 1. The van der Waals surface area contributed by atoms with Crippen molar-refractivity contribution in [3.63, 3.8) is 0 Å². The molecule has 40 heavy (non-hydrogen) atoms. The molecule has 2 saturated heterocycles. The van der Waals surface area contributed by atoms with E-state index in [0.29, 0.717) is 30.6 Å². The predicted molar refractivity (Wildman–Crippen MR) is 148 cm³/mol. The second-order valence-corrected chi connectivity index (χ2v) is 10.9. The molecule has 3 aromatic rings. The molecule has 0 saturated carbocycles. The van der Waals surface area contributed by atoms with Crippen LogP contribution >= 0.6 is 0 Å². The Hall–Kier alpha value is -4.21. The maximum atomic E-state index is 13.3. The Morgan fingerprint density at radius 2 is 1.80 bits per heavy atom. The lowest BCUT2D eigenvalue weighted by atomic mass is 9.91. The molecule has 2 fully saturated rings. The number of rotatable bonds is 7. The van der Waals surface area contributed by atoms with Gasteiger partial charge in [-0.3, -0.25) is 19.1 Å². The summed E-state index contributed by atoms with van der Waals surface area (Å²) < 4.78 is 7.12. The second-order valence-electron chi connectivity index (χ2n) is 10.9. The summed E-state index contributed by atoms with van der Waals surface area (Å²) in [6.45, 7) is 8.42. The first-order valence-corrected chi connectivity index (χ1v) is 13.8. The number of hydrogen-bond acceptors (Lipinski definition) is 6. The van der Waals surface area contributed by atoms with Crippen LogP contribution in [0.15, 0.2) is 42.6 Å². The van der Waals surface area contributed by atoms with E-state index in [1.54, 1.807) is 31.2 Å². The highest BCUT2D eigenvalue weighted by Crippen LogP contribution is 2.30. The number of carbonyl (C=O) groups is 4. The third-order valence-electron chi connectivity index (χ3n) is 7.88. The number of benzene rings is 2. The molecule has 4 amide bonds. The molecule has 0 radical (unpaired) electrons. The van der Waals surface area contributed by atoms with Crippen molar-refractivity contribution in [3.8, 4) is 0 Å². The van der Waals surface area contributed by atoms with Crippen LogP contribution in [0.5, 0.6) is 0 Å². The Bertz CT molecular complexity index is 1470. The van der Waals surface area contributed by atoms with E-state index in [0.717, 1.165) is 28.6 Å². The fourth-order valence-electron chi connectivity index (χ4n) is 5.59. The molecule has 210 valence electrons. The van der Waals surface area contributed by atoms with Crippen molar-refractivity contribution in [1.29, 1.82) is 0 Å². The smallest absolute Gasteiger partial charge is 0.328 e. The van der Waals surface area contributed by atoms with Crippen LogP contribution in [-0.4, -0.2) is 63.2 Å². The molecule has 0 spiro atoms. The minimum absolute atomic E-state index is 0.0708. The molecule has 1 N–H and O–H groups in total. The number of nitrogens with zero attached hydrogens (tertiary/aromatic N) is 4. The normalized spacial score (nSPS) is 19.8. The van der Waals surface area contributed by atoms with Crippen molar-refractivity contribution in [3.05, 3.63) is 64.8 Å². The van der Waals surface area contributed by atoms with Gasteiger partial charge in [-0.25, -0.2) is 9.69 Å². The molecule has 1 aromatic heterocycles. The number of nitrogens with one attached hydrogen (secondary N) is 1. The zero-order valence-electron chi connectivity index (χ0n) is 23.4. The number of likely N-dealkylation sites (tertiary alicyclic amines) is 1. The van der Waals surface area contributed by atoms with E-state index in [-0.39, 0.29) is 18.4 Å². The van der Waals surface area contributed by atoms with E-state index in [1.807, 2.05) is 11.8 Å². The van der Waals surface area contributed by atoms with Gasteiger partial charge in [0.1, 0.15) is 5.54 Å². The molecule has 2 aliphatic heterocycles. The van der Waals surface area contributed by atoms with E-state index in [1.165, 1.54) is 11.1 Å². The molecule has 1 atom stereocenters. The number of aromatic nitrogens is 2. The largest absolute Gasteiger partial charge is 0.444 e. The van der Waals surface area contributed by atoms with Crippen molar-refractivity contribution >= 4 is 34.7 Å². The van der Waals surface area contributed by atoms with E-state index in [2.05, 4.69) is 42.2 Å². The molecular formula is C30H35N5O5. The molecule has 10 heteroatoms. The standard InChI is InChI=1S/C30H35N5O5/c1-5-6-25(36)40-18-34-28(38)30(4,31-29(34)39)23-9-7-21(8-10-23)27(37)33-13-11-24(12-14-33)35-17-22-16-19(2)15-20(3)26(22)32-35/h7-10,15-17,24H,5-6,11-14,18H2,1-4H3,(H,31,39)/t30-/m1/s1. The fraction of sp³-hybridized carbons (Fsp3) is 0.433. The number of aryl methyl sites for hydroxylation is 2. The van der Waals surface area contributed by atoms with Crippen LogP contribution < -0.4 is 5.32 Å². The Morgan fingerprint density at radius 3 is 2.48 bits per heavy atom. The van der Waals surface area contributed by atoms with Gasteiger partial charge in [-0.1, -0.05) is 30.7 Å². The first kappa shape index (κ1) is 27.4. The molecule has 0 unspecified atom stereocenters. The van der Waals surface area contributed by atoms with Crippen LogP contribution in [0.2, 0.25) is 0 Å². The summed E-state index contributed by atoms with van der Waals surface area (Å²) in [5.41, 5.74) is 3.15. The molecule has 0 bridgehead atoms. The highest BCUT2D eigenvalue weighted by molar-refractivity contribution is 6.07. The number of hydrogen-bond donors (Lipinski definition) is 1. The lowest BCUT2D eigenvalue weighted by Crippen LogP contribution is -2.41. The van der Waals surface area contributed by atoms with Gasteiger partial charge in [-0.15, -0.1) is 0 Å². The molecule has 2 aliphatic rings. The zero-order valence-corrected chi connectivity index (χ0v) is 23.4. The number of piperidine rings is 1. The number of carbonyl (C=O) groups excluding carboxylic acids is 4.